The Morgan fingerprint density at radius 1 is 0.935 bits per heavy atom. The maximum absolute atomic E-state index is 12.4. The quantitative estimate of drug-likeness (QED) is 0.345. The third-order valence-corrected chi connectivity index (χ3v) is 4.38. The summed E-state index contributed by atoms with van der Waals surface area (Å²) < 4.78 is 32.3. The molecule has 0 fully saturated rings. The molecule has 2 aromatic carbocycles. The first kappa shape index (κ1) is 21.8. The number of esters is 1. The number of rotatable bonds is 9. The van der Waals surface area contributed by atoms with E-state index < -0.39 is 5.97 Å². The Bertz CT molecular complexity index is 1030. The lowest BCUT2D eigenvalue weighted by Gasteiger charge is -2.13. The standard InChI is InChI=1S/C23H23NO7/c1-6-9-30-17-8-7-14(11-18(17)26-2)10-16-23(25)31-22(24-16)15-12-19(27-3)21(29-5)20(13-15)28-4/h6-8,10-13H,1,9H2,2-5H3/b16-10-. The molecule has 2 aromatic rings. The van der Waals surface area contributed by atoms with Crippen LogP contribution in [0.4, 0.5) is 0 Å². The first-order chi connectivity index (χ1) is 15.0. The molecule has 3 rings (SSSR count). The summed E-state index contributed by atoms with van der Waals surface area (Å²) in [4.78, 5) is 16.7. The average molecular weight is 425 g/mol. The van der Waals surface area contributed by atoms with E-state index in [4.69, 9.17) is 28.4 Å². The molecule has 162 valence electrons. The van der Waals surface area contributed by atoms with E-state index in [1.165, 1.54) is 28.4 Å². The van der Waals surface area contributed by atoms with Gasteiger partial charge in [0.2, 0.25) is 11.6 Å². The van der Waals surface area contributed by atoms with Crippen molar-refractivity contribution in [1.29, 1.82) is 0 Å². The highest BCUT2D eigenvalue weighted by molar-refractivity contribution is 6.13. The Morgan fingerprint density at radius 2 is 1.61 bits per heavy atom. The number of methoxy groups -OCH3 is 4. The third-order valence-electron chi connectivity index (χ3n) is 4.38. The van der Waals surface area contributed by atoms with Crippen molar-refractivity contribution < 1.29 is 33.2 Å². The van der Waals surface area contributed by atoms with Crippen molar-refractivity contribution in [2.45, 2.75) is 0 Å². The van der Waals surface area contributed by atoms with Gasteiger partial charge in [-0.1, -0.05) is 18.7 Å². The summed E-state index contributed by atoms with van der Waals surface area (Å²) in [5, 5.41) is 0. The number of carbonyl (C=O) groups is 1. The second kappa shape index (κ2) is 9.71. The zero-order chi connectivity index (χ0) is 22.4. The molecule has 0 atom stereocenters. The molecule has 0 unspecified atom stereocenters. The van der Waals surface area contributed by atoms with E-state index in [2.05, 4.69) is 11.6 Å². The second-order valence-corrected chi connectivity index (χ2v) is 6.26. The van der Waals surface area contributed by atoms with E-state index in [0.717, 1.165) is 0 Å². The lowest BCUT2D eigenvalue weighted by molar-refractivity contribution is -0.129. The maximum Gasteiger partial charge on any atom is 0.363 e. The molecule has 8 nitrogen and oxygen atoms in total. The third kappa shape index (κ3) is 4.63. The van der Waals surface area contributed by atoms with Gasteiger partial charge in [-0.2, -0.15) is 0 Å². The summed E-state index contributed by atoms with van der Waals surface area (Å²) in [6.07, 6.45) is 3.25. The molecule has 8 heteroatoms. The monoisotopic (exact) mass is 425 g/mol. The summed E-state index contributed by atoms with van der Waals surface area (Å²) in [5.74, 6) is 1.93. The molecular formula is C23H23NO7. The number of ether oxygens (including phenoxy) is 6. The molecule has 1 aliphatic rings. The number of carbonyl (C=O) groups excluding carboxylic acids is 1. The first-order valence-electron chi connectivity index (χ1n) is 9.29. The molecule has 0 radical (unpaired) electrons. The zero-order valence-electron chi connectivity index (χ0n) is 17.8. The van der Waals surface area contributed by atoms with Crippen molar-refractivity contribution in [2.75, 3.05) is 35.0 Å². The predicted molar refractivity (Wildman–Crippen MR) is 115 cm³/mol. The highest BCUT2D eigenvalue weighted by Crippen LogP contribution is 2.39. The number of aliphatic imine (C=N–C) groups is 1. The fourth-order valence-corrected chi connectivity index (χ4v) is 2.94. The van der Waals surface area contributed by atoms with Gasteiger partial charge in [0.05, 0.1) is 28.4 Å². The van der Waals surface area contributed by atoms with E-state index in [1.54, 1.807) is 42.5 Å². The van der Waals surface area contributed by atoms with E-state index in [1.807, 2.05) is 0 Å². The molecular weight excluding hydrogens is 402 g/mol. The Kier molecular flexibility index (Phi) is 6.81. The van der Waals surface area contributed by atoms with Crippen molar-refractivity contribution in [1.82, 2.24) is 0 Å². The summed E-state index contributed by atoms with van der Waals surface area (Å²) in [6, 6.07) is 8.59. The minimum absolute atomic E-state index is 0.133. The second-order valence-electron chi connectivity index (χ2n) is 6.26. The molecule has 0 saturated carbocycles. The zero-order valence-corrected chi connectivity index (χ0v) is 17.8. The van der Waals surface area contributed by atoms with Gasteiger partial charge in [-0.15, -0.1) is 0 Å². The van der Waals surface area contributed by atoms with E-state index in [0.29, 0.717) is 46.5 Å². The molecule has 0 N–H and O–H groups in total. The summed E-state index contributed by atoms with van der Waals surface area (Å²) in [6.45, 7) is 3.98. The Labute approximate surface area is 180 Å². The van der Waals surface area contributed by atoms with Crippen LogP contribution in [0.2, 0.25) is 0 Å². The van der Waals surface area contributed by atoms with Crippen molar-refractivity contribution in [2.24, 2.45) is 4.99 Å². The smallest absolute Gasteiger partial charge is 0.363 e. The van der Waals surface area contributed by atoms with Crippen LogP contribution in [0.15, 0.2) is 53.7 Å². The molecule has 0 amide bonds. The van der Waals surface area contributed by atoms with Crippen molar-refractivity contribution in [3.63, 3.8) is 0 Å². The lowest BCUT2D eigenvalue weighted by atomic mass is 10.1. The highest BCUT2D eigenvalue weighted by Gasteiger charge is 2.26. The summed E-state index contributed by atoms with van der Waals surface area (Å²) in [5.41, 5.74) is 1.35. The number of benzene rings is 2. The van der Waals surface area contributed by atoms with Crippen LogP contribution in [0, 0.1) is 0 Å². The minimum atomic E-state index is -0.574. The van der Waals surface area contributed by atoms with Gasteiger partial charge in [-0.25, -0.2) is 9.79 Å². The van der Waals surface area contributed by atoms with Crippen LogP contribution in [0.1, 0.15) is 11.1 Å². The van der Waals surface area contributed by atoms with Crippen molar-refractivity contribution >= 4 is 17.9 Å². The fraction of sp³-hybridized carbons (Fsp3) is 0.217. The lowest BCUT2D eigenvalue weighted by Crippen LogP contribution is -2.07. The normalized spacial score (nSPS) is 14.0. The van der Waals surface area contributed by atoms with Crippen LogP contribution in [0.5, 0.6) is 28.7 Å². The Morgan fingerprint density at radius 3 is 2.19 bits per heavy atom. The van der Waals surface area contributed by atoms with Crippen molar-refractivity contribution in [3.05, 3.63) is 59.8 Å². The van der Waals surface area contributed by atoms with Gasteiger partial charge in [-0.3, -0.25) is 0 Å². The van der Waals surface area contributed by atoms with Crippen LogP contribution in [0.25, 0.3) is 6.08 Å². The number of cyclic esters (lactones) is 1. The van der Waals surface area contributed by atoms with Crippen LogP contribution in [0.3, 0.4) is 0 Å². The first-order valence-corrected chi connectivity index (χ1v) is 9.29. The summed E-state index contributed by atoms with van der Waals surface area (Å²) in [7, 11) is 6.06. The summed E-state index contributed by atoms with van der Waals surface area (Å²) >= 11 is 0. The van der Waals surface area contributed by atoms with E-state index in [9.17, 15) is 4.79 Å². The Balaban J connectivity index is 1.95. The van der Waals surface area contributed by atoms with Gasteiger partial charge in [0.15, 0.2) is 28.7 Å². The van der Waals surface area contributed by atoms with Crippen LogP contribution in [-0.4, -0.2) is 46.9 Å². The van der Waals surface area contributed by atoms with Gasteiger partial charge < -0.3 is 28.4 Å². The van der Waals surface area contributed by atoms with Gasteiger partial charge >= 0.3 is 5.97 Å². The van der Waals surface area contributed by atoms with E-state index >= 15 is 0 Å². The van der Waals surface area contributed by atoms with Gasteiger partial charge in [0.25, 0.3) is 0 Å². The molecule has 0 bridgehead atoms. The van der Waals surface area contributed by atoms with Crippen LogP contribution >= 0.6 is 0 Å². The number of nitrogens with zero attached hydrogens (tertiary/aromatic N) is 1. The molecule has 1 heterocycles. The van der Waals surface area contributed by atoms with Gasteiger partial charge in [-0.05, 0) is 35.9 Å². The van der Waals surface area contributed by atoms with Crippen LogP contribution in [-0.2, 0) is 9.53 Å². The fourth-order valence-electron chi connectivity index (χ4n) is 2.94. The molecule has 1 aliphatic heterocycles. The average Bonchev–Trinajstić information content (AvgIpc) is 3.16. The Hall–Kier alpha value is -3.94. The van der Waals surface area contributed by atoms with Crippen molar-refractivity contribution in [3.8, 4) is 28.7 Å². The molecule has 0 aromatic heterocycles. The highest BCUT2D eigenvalue weighted by atomic mass is 16.6. The molecule has 31 heavy (non-hydrogen) atoms. The topological polar surface area (TPSA) is 84.8 Å². The molecule has 0 saturated heterocycles. The molecule has 0 spiro atoms. The maximum atomic E-state index is 12.4. The number of hydrogen-bond acceptors (Lipinski definition) is 8. The van der Waals surface area contributed by atoms with Gasteiger partial charge in [0, 0.05) is 5.56 Å². The SMILES string of the molecule is C=CCOc1ccc(/C=C2\N=C(c3cc(OC)c(OC)c(OC)c3)OC2=O)cc1OC. The van der Waals surface area contributed by atoms with Crippen LogP contribution < -0.4 is 23.7 Å². The molecule has 0 aliphatic carbocycles. The minimum Gasteiger partial charge on any atom is -0.493 e. The van der Waals surface area contributed by atoms with Gasteiger partial charge in [0.1, 0.15) is 6.61 Å². The number of hydrogen-bond donors (Lipinski definition) is 0. The predicted octanol–water partition coefficient (Wildman–Crippen LogP) is 3.63. The van der Waals surface area contributed by atoms with E-state index in [-0.39, 0.29) is 11.6 Å². The largest absolute Gasteiger partial charge is 0.493 e.